The largest absolute Gasteiger partial charge is 0.489 e. The van der Waals surface area contributed by atoms with Crippen molar-refractivity contribution in [1.82, 2.24) is 0 Å². The van der Waals surface area contributed by atoms with E-state index in [0.29, 0.717) is 43.7 Å². The molecule has 0 aliphatic rings. The third-order valence-corrected chi connectivity index (χ3v) is 4.54. The Kier molecular flexibility index (Phi) is 5.44. The van der Waals surface area contributed by atoms with Crippen LogP contribution in [0.3, 0.4) is 0 Å². The van der Waals surface area contributed by atoms with Gasteiger partial charge in [0.05, 0.1) is 6.10 Å². The van der Waals surface area contributed by atoms with E-state index < -0.39 is 5.97 Å². The summed E-state index contributed by atoms with van der Waals surface area (Å²) < 4.78 is 16.8. The Bertz CT molecular complexity index is 940. The SMILES string of the molecule is Cc1oc2ccc(OCc3c(Cl)cccc3Cl)cc2c1C(=O)OC(C)C. The van der Waals surface area contributed by atoms with Gasteiger partial charge >= 0.3 is 5.97 Å². The van der Waals surface area contributed by atoms with Crippen molar-refractivity contribution in [3.63, 3.8) is 0 Å². The lowest BCUT2D eigenvalue weighted by atomic mass is 10.1. The molecule has 26 heavy (non-hydrogen) atoms. The summed E-state index contributed by atoms with van der Waals surface area (Å²) in [7, 11) is 0. The molecule has 136 valence electrons. The molecule has 0 N–H and O–H groups in total. The number of hydrogen-bond donors (Lipinski definition) is 0. The number of esters is 1. The molecule has 0 atom stereocenters. The van der Waals surface area contributed by atoms with E-state index in [1.165, 1.54) is 0 Å². The van der Waals surface area contributed by atoms with Crippen molar-refractivity contribution in [2.45, 2.75) is 33.5 Å². The van der Waals surface area contributed by atoms with Crippen molar-refractivity contribution in [3.8, 4) is 5.75 Å². The van der Waals surface area contributed by atoms with Gasteiger partial charge in [-0.1, -0.05) is 29.3 Å². The zero-order valence-electron chi connectivity index (χ0n) is 14.6. The molecule has 1 aromatic heterocycles. The summed E-state index contributed by atoms with van der Waals surface area (Å²) in [5.74, 6) is 0.673. The van der Waals surface area contributed by atoms with Crippen molar-refractivity contribution in [1.29, 1.82) is 0 Å². The third-order valence-electron chi connectivity index (χ3n) is 3.83. The second-order valence-corrected chi connectivity index (χ2v) is 6.95. The summed E-state index contributed by atoms with van der Waals surface area (Å²) >= 11 is 12.3. The summed E-state index contributed by atoms with van der Waals surface area (Å²) in [5.41, 5.74) is 1.72. The van der Waals surface area contributed by atoms with E-state index in [4.69, 9.17) is 37.1 Å². The standard InChI is InChI=1S/C20H18Cl2O4/c1-11(2)25-20(23)19-12(3)26-18-8-7-13(9-14(18)19)24-10-15-16(21)5-4-6-17(15)22/h4-9,11H,10H2,1-3H3. The smallest absolute Gasteiger partial charge is 0.342 e. The van der Waals surface area contributed by atoms with Crippen LogP contribution in [0.4, 0.5) is 0 Å². The average Bonchev–Trinajstić information content (AvgIpc) is 2.89. The molecule has 0 radical (unpaired) electrons. The second-order valence-electron chi connectivity index (χ2n) is 6.13. The molecule has 0 spiro atoms. The number of halogens is 2. The summed E-state index contributed by atoms with van der Waals surface area (Å²) in [6.45, 7) is 5.56. The van der Waals surface area contributed by atoms with Crippen LogP contribution in [-0.4, -0.2) is 12.1 Å². The van der Waals surface area contributed by atoms with Gasteiger partial charge in [-0.25, -0.2) is 4.79 Å². The predicted octanol–water partition coefficient (Wildman–Crippen LogP) is 6.19. The van der Waals surface area contributed by atoms with E-state index in [-0.39, 0.29) is 12.7 Å². The van der Waals surface area contributed by atoms with Crippen molar-refractivity contribution in [3.05, 3.63) is 63.3 Å². The zero-order chi connectivity index (χ0) is 18.8. The van der Waals surface area contributed by atoms with Gasteiger partial charge in [-0.2, -0.15) is 0 Å². The summed E-state index contributed by atoms with van der Waals surface area (Å²) in [4.78, 5) is 12.4. The van der Waals surface area contributed by atoms with Crippen LogP contribution in [0.15, 0.2) is 40.8 Å². The van der Waals surface area contributed by atoms with Gasteiger partial charge in [-0.05, 0) is 51.1 Å². The summed E-state index contributed by atoms with van der Waals surface area (Å²) in [5, 5.41) is 1.73. The highest BCUT2D eigenvalue weighted by molar-refractivity contribution is 6.35. The fraction of sp³-hybridized carbons (Fsp3) is 0.250. The Hall–Kier alpha value is -2.17. The fourth-order valence-electron chi connectivity index (χ4n) is 2.64. The monoisotopic (exact) mass is 392 g/mol. The van der Waals surface area contributed by atoms with Crippen molar-refractivity contribution >= 4 is 40.1 Å². The molecular formula is C20H18Cl2O4. The molecule has 3 rings (SSSR count). The molecule has 0 fully saturated rings. The molecule has 3 aromatic rings. The first-order chi connectivity index (χ1) is 12.4. The van der Waals surface area contributed by atoms with E-state index in [9.17, 15) is 4.79 Å². The van der Waals surface area contributed by atoms with Crippen molar-refractivity contribution in [2.24, 2.45) is 0 Å². The number of aryl methyl sites for hydroxylation is 1. The van der Waals surface area contributed by atoms with Crippen LogP contribution < -0.4 is 4.74 Å². The predicted molar refractivity (Wildman–Crippen MR) is 102 cm³/mol. The first-order valence-electron chi connectivity index (χ1n) is 8.16. The average molecular weight is 393 g/mol. The topological polar surface area (TPSA) is 48.7 Å². The number of ether oxygens (including phenoxy) is 2. The number of fused-ring (bicyclic) bond motifs is 1. The van der Waals surface area contributed by atoms with Crippen LogP contribution in [-0.2, 0) is 11.3 Å². The van der Waals surface area contributed by atoms with Crippen LogP contribution in [0.1, 0.15) is 35.5 Å². The second kappa shape index (κ2) is 7.60. The first kappa shape index (κ1) is 18.6. The van der Waals surface area contributed by atoms with Gasteiger partial charge in [0.15, 0.2) is 0 Å². The quantitative estimate of drug-likeness (QED) is 0.485. The number of hydrogen-bond acceptors (Lipinski definition) is 4. The van der Waals surface area contributed by atoms with Gasteiger partial charge in [-0.3, -0.25) is 0 Å². The number of carbonyl (C=O) groups is 1. The lowest BCUT2D eigenvalue weighted by molar-refractivity contribution is 0.0378. The maximum atomic E-state index is 12.4. The Morgan fingerprint density at radius 2 is 1.85 bits per heavy atom. The molecule has 0 aliphatic heterocycles. The Labute approximate surface area is 161 Å². The van der Waals surface area contributed by atoms with E-state index in [1.54, 1.807) is 57.2 Å². The van der Waals surface area contributed by atoms with E-state index in [2.05, 4.69) is 0 Å². The van der Waals surface area contributed by atoms with Gasteiger partial charge in [0, 0.05) is 21.0 Å². The van der Waals surface area contributed by atoms with Crippen molar-refractivity contribution < 1.29 is 18.7 Å². The molecule has 0 bridgehead atoms. The van der Waals surface area contributed by atoms with Gasteiger partial charge in [0.2, 0.25) is 0 Å². The molecule has 6 heteroatoms. The molecule has 0 saturated carbocycles. The molecule has 1 heterocycles. The minimum atomic E-state index is -0.414. The normalized spacial score (nSPS) is 11.2. The lowest BCUT2D eigenvalue weighted by Crippen LogP contribution is -2.12. The van der Waals surface area contributed by atoms with Crippen LogP contribution in [0, 0.1) is 6.92 Å². The molecule has 0 saturated heterocycles. The fourth-order valence-corrected chi connectivity index (χ4v) is 3.15. The minimum absolute atomic E-state index is 0.214. The van der Waals surface area contributed by atoms with Crippen LogP contribution in [0.25, 0.3) is 11.0 Å². The zero-order valence-corrected chi connectivity index (χ0v) is 16.1. The summed E-state index contributed by atoms with van der Waals surface area (Å²) in [6, 6.07) is 10.6. The minimum Gasteiger partial charge on any atom is -0.489 e. The Balaban J connectivity index is 1.90. The number of carbonyl (C=O) groups excluding carboxylic acids is 1. The maximum absolute atomic E-state index is 12.4. The molecule has 4 nitrogen and oxygen atoms in total. The highest BCUT2D eigenvalue weighted by Crippen LogP contribution is 2.31. The molecule has 0 aliphatic carbocycles. The van der Waals surface area contributed by atoms with E-state index in [1.807, 2.05) is 0 Å². The first-order valence-corrected chi connectivity index (χ1v) is 8.92. The van der Waals surface area contributed by atoms with Gasteiger partial charge < -0.3 is 13.9 Å². The van der Waals surface area contributed by atoms with Gasteiger partial charge in [-0.15, -0.1) is 0 Å². The van der Waals surface area contributed by atoms with E-state index in [0.717, 1.165) is 0 Å². The van der Waals surface area contributed by atoms with Gasteiger partial charge in [0.25, 0.3) is 0 Å². The summed E-state index contributed by atoms with van der Waals surface area (Å²) in [6.07, 6.45) is -0.214. The third kappa shape index (κ3) is 3.81. The molecule has 2 aromatic carbocycles. The van der Waals surface area contributed by atoms with Crippen molar-refractivity contribution in [2.75, 3.05) is 0 Å². The molecular weight excluding hydrogens is 375 g/mol. The number of benzene rings is 2. The maximum Gasteiger partial charge on any atom is 0.342 e. The van der Waals surface area contributed by atoms with Crippen LogP contribution in [0.2, 0.25) is 10.0 Å². The number of furan rings is 1. The highest BCUT2D eigenvalue weighted by atomic mass is 35.5. The van der Waals surface area contributed by atoms with Crippen LogP contribution >= 0.6 is 23.2 Å². The number of rotatable bonds is 5. The molecule has 0 unspecified atom stereocenters. The highest BCUT2D eigenvalue weighted by Gasteiger charge is 2.21. The Morgan fingerprint density at radius 3 is 2.50 bits per heavy atom. The van der Waals surface area contributed by atoms with E-state index >= 15 is 0 Å². The lowest BCUT2D eigenvalue weighted by Gasteiger charge is -2.10. The Morgan fingerprint density at radius 1 is 1.15 bits per heavy atom. The molecule has 0 amide bonds. The van der Waals surface area contributed by atoms with Gasteiger partial charge in [0.1, 0.15) is 29.3 Å². The van der Waals surface area contributed by atoms with Crippen LogP contribution in [0.5, 0.6) is 5.75 Å².